The predicted molar refractivity (Wildman–Crippen MR) is 81.7 cm³/mol. The van der Waals surface area contributed by atoms with Crippen LogP contribution in [-0.4, -0.2) is 23.7 Å². The van der Waals surface area contributed by atoms with Gasteiger partial charge in [-0.25, -0.2) is 0 Å². The number of benzene rings is 2. The van der Waals surface area contributed by atoms with Gasteiger partial charge in [0.1, 0.15) is 0 Å². The highest BCUT2D eigenvalue weighted by atomic mass is 16.3. The molecule has 0 heterocycles. The smallest absolute Gasteiger partial charge is 0.227 e. The molecule has 0 aliphatic rings. The fraction of sp³-hybridized carbons (Fsp3) is 0.353. The molecule has 1 amide bonds. The van der Waals surface area contributed by atoms with E-state index in [0.717, 1.165) is 10.9 Å². The number of carbonyl (C=O) groups is 1. The molecule has 0 aromatic heterocycles. The maximum Gasteiger partial charge on any atom is 0.227 e. The van der Waals surface area contributed by atoms with Gasteiger partial charge in [-0.15, -0.1) is 0 Å². The summed E-state index contributed by atoms with van der Waals surface area (Å²) in [5.41, 5.74) is 1.01. The Kier molecular flexibility index (Phi) is 4.74. The van der Waals surface area contributed by atoms with E-state index in [4.69, 9.17) is 5.11 Å². The molecule has 2 aromatic carbocycles. The lowest BCUT2D eigenvalue weighted by Gasteiger charge is -2.17. The van der Waals surface area contributed by atoms with E-state index >= 15 is 0 Å². The van der Waals surface area contributed by atoms with Crippen LogP contribution in [0.2, 0.25) is 0 Å². The van der Waals surface area contributed by atoms with Gasteiger partial charge in [0.25, 0.3) is 0 Å². The van der Waals surface area contributed by atoms with Crippen molar-refractivity contribution in [2.24, 2.45) is 0 Å². The highest BCUT2D eigenvalue weighted by molar-refractivity contribution is 5.87. The minimum Gasteiger partial charge on any atom is -0.396 e. The molecule has 2 aromatic rings. The summed E-state index contributed by atoms with van der Waals surface area (Å²) < 4.78 is 0. The van der Waals surface area contributed by atoms with Gasteiger partial charge >= 0.3 is 0 Å². The zero-order valence-corrected chi connectivity index (χ0v) is 12.0. The first kappa shape index (κ1) is 14.5. The van der Waals surface area contributed by atoms with Gasteiger partial charge < -0.3 is 10.4 Å². The first-order valence-electron chi connectivity index (χ1n) is 7.01. The highest BCUT2D eigenvalue weighted by Crippen LogP contribution is 2.22. The lowest BCUT2D eigenvalue weighted by atomic mass is 9.97. The molecule has 2 rings (SSSR count). The molecule has 2 N–H and O–H groups in total. The van der Waals surface area contributed by atoms with Crippen LogP contribution < -0.4 is 5.32 Å². The van der Waals surface area contributed by atoms with E-state index in [1.54, 1.807) is 0 Å². The summed E-state index contributed by atoms with van der Waals surface area (Å²) >= 11 is 0. The third kappa shape index (κ3) is 3.36. The van der Waals surface area contributed by atoms with E-state index < -0.39 is 0 Å². The lowest BCUT2D eigenvalue weighted by Crippen LogP contribution is -2.36. The molecule has 0 saturated carbocycles. The van der Waals surface area contributed by atoms with E-state index in [-0.39, 0.29) is 24.5 Å². The standard InChI is InChI=1S/C17H21NO2/c1-12(9-10-19)18-17(20)13(2)15-8-7-14-5-3-4-6-16(14)11-15/h3-8,11-13,19H,9-10H2,1-2H3,(H,18,20). The van der Waals surface area contributed by atoms with E-state index in [1.807, 2.05) is 38.1 Å². The van der Waals surface area contributed by atoms with Crippen molar-refractivity contribution in [2.75, 3.05) is 6.61 Å². The molecule has 0 aliphatic heterocycles. The monoisotopic (exact) mass is 271 g/mol. The van der Waals surface area contributed by atoms with Crippen molar-refractivity contribution in [1.82, 2.24) is 5.32 Å². The van der Waals surface area contributed by atoms with Crippen LogP contribution in [0.3, 0.4) is 0 Å². The van der Waals surface area contributed by atoms with Crippen molar-refractivity contribution < 1.29 is 9.90 Å². The first-order chi connectivity index (χ1) is 9.61. The second-order valence-corrected chi connectivity index (χ2v) is 5.25. The van der Waals surface area contributed by atoms with Crippen LogP contribution in [-0.2, 0) is 4.79 Å². The number of rotatable bonds is 5. The Labute approximate surface area is 119 Å². The molecule has 0 radical (unpaired) electrons. The molecule has 3 nitrogen and oxygen atoms in total. The van der Waals surface area contributed by atoms with Crippen LogP contribution in [0.25, 0.3) is 10.8 Å². The molecule has 0 saturated heterocycles. The lowest BCUT2D eigenvalue weighted by molar-refractivity contribution is -0.122. The van der Waals surface area contributed by atoms with Crippen LogP contribution >= 0.6 is 0 Å². The Morgan fingerprint density at radius 2 is 1.85 bits per heavy atom. The fourth-order valence-corrected chi connectivity index (χ4v) is 2.26. The molecule has 20 heavy (non-hydrogen) atoms. The molecular weight excluding hydrogens is 250 g/mol. The average molecular weight is 271 g/mol. The number of hydrogen-bond donors (Lipinski definition) is 2. The van der Waals surface area contributed by atoms with Crippen LogP contribution in [0, 0.1) is 0 Å². The highest BCUT2D eigenvalue weighted by Gasteiger charge is 2.17. The molecule has 3 heteroatoms. The summed E-state index contributed by atoms with van der Waals surface area (Å²) in [5.74, 6) is -0.193. The molecule has 0 spiro atoms. The van der Waals surface area contributed by atoms with E-state index in [1.165, 1.54) is 5.39 Å². The van der Waals surface area contributed by atoms with Gasteiger partial charge in [0.2, 0.25) is 5.91 Å². The number of amides is 1. The second kappa shape index (κ2) is 6.53. The summed E-state index contributed by atoms with van der Waals surface area (Å²) in [5, 5.41) is 14.1. The normalized spacial score (nSPS) is 13.9. The summed E-state index contributed by atoms with van der Waals surface area (Å²) in [4.78, 5) is 12.2. The van der Waals surface area contributed by atoms with Crippen LogP contribution in [0.15, 0.2) is 42.5 Å². The Hall–Kier alpha value is -1.87. The topological polar surface area (TPSA) is 49.3 Å². The summed E-state index contributed by atoms with van der Waals surface area (Å²) in [6, 6.07) is 14.2. The van der Waals surface area contributed by atoms with Gasteiger partial charge in [0.15, 0.2) is 0 Å². The van der Waals surface area contributed by atoms with Gasteiger partial charge in [-0.3, -0.25) is 4.79 Å². The van der Waals surface area contributed by atoms with Gasteiger partial charge in [0.05, 0.1) is 5.92 Å². The van der Waals surface area contributed by atoms with Crippen molar-refractivity contribution in [1.29, 1.82) is 0 Å². The van der Waals surface area contributed by atoms with Crippen LogP contribution in [0.5, 0.6) is 0 Å². The molecule has 0 aliphatic carbocycles. The first-order valence-corrected chi connectivity index (χ1v) is 7.01. The molecular formula is C17H21NO2. The minimum atomic E-state index is -0.194. The zero-order valence-electron chi connectivity index (χ0n) is 12.0. The van der Waals surface area contributed by atoms with Crippen LogP contribution in [0.4, 0.5) is 0 Å². The second-order valence-electron chi connectivity index (χ2n) is 5.25. The number of nitrogens with one attached hydrogen (secondary N) is 1. The molecule has 0 bridgehead atoms. The third-order valence-corrected chi connectivity index (χ3v) is 3.62. The number of carbonyl (C=O) groups excluding carboxylic acids is 1. The largest absolute Gasteiger partial charge is 0.396 e. The Morgan fingerprint density at radius 3 is 2.55 bits per heavy atom. The van der Waals surface area contributed by atoms with E-state index in [9.17, 15) is 4.79 Å². The van der Waals surface area contributed by atoms with E-state index in [2.05, 4.69) is 23.5 Å². The Morgan fingerprint density at radius 1 is 1.15 bits per heavy atom. The number of aliphatic hydroxyl groups excluding tert-OH is 1. The van der Waals surface area contributed by atoms with Crippen molar-refractivity contribution in [2.45, 2.75) is 32.2 Å². The summed E-state index contributed by atoms with van der Waals surface area (Å²) in [6.07, 6.45) is 0.580. The van der Waals surface area contributed by atoms with Gasteiger partial charge in [-0.1, -0.05) is 42.5 Å². The number of aliphatic hydroxyl groups is 1. The molecule has 2 unspecified atom stereocenters. The SMILES string of the molecule is CC(CCO)NC(=O)C(C)c1ccc2ccccc2c1. The van der Waals surface area contributed by atoms with Crippen molar-refractivity contribution in [3.05, 3.63) is 48.0 Å². The predicted octanol–water partition coefficient (Wildman–Crippen LogP) is 2.83. The van der Waals surface area contributed by atoms with Gasteiger partial charge in [-0.2, -0.15) is 0 Å². The average Bonchev–Trinajstić information content (AvgIpc) is 2.46. The maximum atomic E-state index is 12.2. The quantitative estimate of drug-likeness (QED) is 0.878. The van der Waals surface area contributed by atoms with Crippen molar-refractivity contribution in [3.8, 4) is 0 Å². The summed E-state index contributed by atoms with van der Waals surface area (Å²) in [7, 11) is 0. The van der Waals surface area contributed by atoms with Gasteiger partial charge in [-0.05, 0) is 36.6 Å². The van der Waals surface area contributed by atoms with Crippen molar-refractivity contribution in [3.63, 3.8) is 0 Å². The maximum absolute atomic E-state index is 12.2. The Balaban J connectivity index is 2.14. The molecule has 0 fully saturated rings. The zero-order chi connectivity index (χ0) is 14.5. The molecule has 106 valence electrons. The number of hydrogen-bond acceptors (Lipinski definition) is 2. The van der Waals surface area contributed by atoms with Gasteiger partial charge in [0, 0.05) is 12.6 Å². The number of fused-ring (bicyclic) bond motifs is 1. The fourth-order valence-electron chi connectivity index (χ4n) is 2.26. The third-order valence-electron chi connectivity index (χ3n) is 3.62. The minimum absolute atomic E-state index is 0.00114. The summed E-state index contributed by atoms with van der Waals surface area (Å²) in [6.45, 7) is 3.90. The van der Waals surface area contributed by atoms with Crippen LogP contribution in [0.1, 0.15) is 31.7 Å². The Bertz CT molecular complexity index is 594. The van der Waals surface area contributed by atoms with E-state index in [0.29, 0.717) is 6.42 Å². The van der Waals surface area contributed by atoms with Crippen molar-refractivity contribution >= 4 is 16.7 Å². The molecule has 2 atom stereocenters.